The number of aryl methyl sites for hydroxylation is 2. The Bertz CT molecular complexity index is 1190. The zero-order chi connectivity index (χ0) is 21.4. The van der Waals surface area contributed by atoms with Gasteiger partial charge >= 0.3 is 0 Å². The Labute approximate surface area is 186 Å². The van der Waals surface area contributed by atoms with Crippen LogP contribution >= 0.6 is 11.3 Å². The summed E-state index contributed by atoms with van der Waals surface area (Å²) in [4.78, 5) is 14.7. The fourth-order valence-corrected chi connectivity index (χ4v) is 7.20. The van der Waals surface area contributed by atoms with Crippen LogP contribution in [0.25, 0.3) is 10.2 Å². The standard InChI is InChI=1S/C22H26N4O3S2/c1-29-15-19-23-21(20-17-9-5-6-10-18(17)30-22(20)24-19)25-11-13-26(14-12-25)31(27,28)16-7-3-2-4-8-16/h2-4,7-8H,5-6,9-15H2,1H3. The van der Waals surface area contributed by atoms with Gasteiger partial charge in [-0.3, -0.25) is 0 Å². The molecule has 0 spiro atoms. The quantitative estimate of drug-likeness (QED) is 0.584. The van der Waals surface area contributed by atoms with Crippen molar-refractivity contribution >= 4 is 37.4 Å². The average molecular weight is 459 g/mol. The van der Waals surface area contributed by atoms with Crippen LogP contribution in [0.5, 0.6) is 0 Å². The topological polar surface area (TPSA) is 75.6 Å². The SMILES string of the molecule is COCc1nc(N2CCN(S(=O)(=O)c3ccccc3)CC2)c2c3c(sc2n1)CCCC3. The number of sulfonamides is 1. The van der Waals surface area contributed by atoms with Crippen molar-refractivity contribution in [1.82, 2.24) is 14.3 Å². The number of benzene rings is 1. The fraction of sp³-hybridized carbons (Fsp3) is 0.455. The second kappa shape index (κ2) is 8.46. The van der Waals surface area contributed by atoms with Gasteiger partial charge in [-0.05, 0) is 43.4 Å². The van der Waals surface area contributed by atoms with Crippen LogP contribution in [0.15, 0.2) is 35.2 Å². The lowest BCUT2D eigenvalue weighted by Gasteiger charge is -2.35. The molecule has 0 N–H and O–H groups in total. The predicted octanol–water partition coefficient (Wildman–Crippen LogP) is 3.23. The third-order valence-corrected chi connectivity index (χ3v) is 9.13. The van der Waals surface area contributed by atoms with Gasteiger partial charge < -0.3 is 9.64 Å². The highest BCUT2D eigenvalue weighted by atomic mass is 32.2. The maximum Gasteiger partial charge on any atom is 0.243 e. The minimum absolute atomic E-state index is 0.349. The molecular formula is C22H26N4O3S2. The zero-order valence-corrected chi connectivity index (χ0v) is 19.2. The van der Waals surface area contributed by atoms with Crippen LogP contribution in [-0.2, 0) is 34.2 Å². The summed E-state index contributed by atoms with van der Waals surface area (Å²) in [6, 6.07) is 8.67. The van der Waals surface area contributed by atoms with Crippen molar-refractivity contribution in [2.75, 3.05) is 38.2 Å². The fourth-order valence-electron chi connectivity index (χ4n) is 4.49. The Hall–Kier alpha value is -2.07. The highest BCUT2D eigenvalue weighted by molar-refractivity contribution is 7.89. The summed E-state index contributed by atoms with van der Waals surface area (Å²) in [6.45, 7) is 2.46. The van der Waals surface area contributed by atoms with Crippen LogP contribution < -0.4 is 4.90 Å². The molecule has 0 unspecified atom stereocenters. The van der Waals surface area contributed by atoms with Crippen molar-refractivity contribution < 1.29 is 13.2 Å². The molecule has 0 amide bonds. The van der Waals surface area contributed by atoms with Gasteiger partial charge in [-0.25, -0.2) is 18.4 Å². The molecule has 1 aliphatic carbocycles. The van der Waals surface area contributed by atoms with E-state index in [2.05, 4.69) is 4.90 Å². The number of nitrogens with zero attached hydrogens (tertiary/aromatic N) is 4. The Balaban J connectivity index is 1.46. The van der Waals surface area contributed by atoms with E-state index in [1.165, 1.54) is 28.7 Å². The van der Waals surface area contributed by atoms with Gasteiger partial charge in [0.25, 0.3) is 0 Å². The summed E-state index contributed by atoms with van der Waals surface area (Å²) in [5, 5.41) is 1.17. The average Bonchev–Trinajstić information content (AvgIpc) is 3.18. The maximum absolute atomic E-state index is 13.0. The molecule has 2 aliphatic rings. The Morgan fingerprint density at radius 2 is 1.77 bits per heavy atom. The summed E-state index contributed by atoms with van der Waals surface area (Å²) >= 11 is 1.78. The van der Waals surface area contributed by atoms with E-state index >= 15 is 0 Å². The molecule has 2 aromatic heterocycles. The van der Waals surface area contributed by atoms with Gasteiger partial charge in [0, 0.05) is 38.2 Å². The van der Waals surface area contributed by atoms with E-state index in [9.17, 15) is 8.42 Å². The van der Waals surface area contributed by atoms with Crippen LogP contribution in [0, 0.1) is 0 Å². The van der Waals surface area contributed by atoms with Crippen molar-refractivity contribution in [3.8, 4) is 0 Å². The molecule has 9 heteroatoms. The first kappa shape index (κ1) is 20.8. The first-order chi connectivity index (χ1) is 15.1. The van der Waals surface area contributed by atoms with Crippen LogP contribution in [0.4, 0.5) is 5.82 Å². The van der Waals surface area contributed by atoms with Crippen LogP contribution in [0.3, 0.4) is 0 Å². The minimum atomic E-state index is -3.47. The van der Waals surface area contributed by atoms with Crippen LogP contribution in [-0.4, -0.2) is 56.0 Å². The molecule has 0 atom stereocenters. The summed E-state index contributed by atoms with van der Waals surface area (Å²) in [7, 11) is -1.82. The van der Waals surface area contributed by atoms with Crippen LogP contribution in [0.2, 0.25) is 0 Å². The number of hydrogen-bond donors (Lipinski definition) is 0. The third-order valence-electron chi connectivity index (χ3n) is 6.03. The number of anilines is 1. The lowest BCUT2D eigenvalue weighted by Crippen LogP contribution is -2.49. The Morgan fingerprint density at radius 1 is 1.03 bits per heavy atom. The lowest BCUT2D eigenvalue weighted by atomic mass is 9.97. The lowest BCUT2D eigenvalue weighted by molar-refractivity contribution is 0.178. The molecule has 3 aromatic rings. The van der Waals surface area contributed by atoms with E-state index in [4.69, 9.17) is 14.7 Å². The number of methoxy groups -OCH3 is 1. The molecule has 3 heterocycles. The van der Waals surface area contributed by atoms with Crippen molar-refractivity contribution in [1.29, 1.82) is 0 Å². The van der Waals surface area contributed by atoms with Crippen molar-refractivity contribution in [3.05, 3.63) is 46.6 Å². The molecule has 7 nitrogen and oxygen atoms in total. The van der Waals surface area contributed by atoms with E-state index in [1.54, 1.807) is 47.0 Å². The minimum Gasteiger partial charge on any atom is -0.377 e. The summed E-state index contributed by atoms with van der Waals surface area (Å²) in [6.07, 6.45) is 4.60. The second-order valence-electron chi connectivity index (χ2n) is 7.99. The molecule has 31 heavy (non-hydrogen) atoms. The smallest absolute Gasteiger partial charge is 0.243 e. The van der Waals surface area contributed by atoms with E-state index in [-0.39, 0.29) is 0 Å². The number of hydrogen-bond acceptors (Lipinski definition) is 7. The van der Waals surface area contributed by atoms with Gasteiger partial charge in [0.15, 0.2) is 5.82 Å². The van der Waals surface area contributed by atoms with Gasteiger partial charge in [0.2, 0.25) is 10.0 Å². The van der Waals surface area contributed by atoms with Gasteiger partial charge in [-0.1, -0.05) is 18.2 Å². The summed E-state index contributed by atoms with van der Waals surface area (Å²) < 4.78 is 32.9. The van der Waals surface area contributed by atoms with E-state index < -0.39 is 10.0 Å². The van der Waals surface area contributed by atoms with Gasteiger partial charge in [-0.15, -0.1) is 11.3 Å². The highest BCUT2D eigenvalue weighted by Crippen LogP contribution is 2.40. The Kier molecular flexibility index (Phi) is 5.68. The van der Waals surface area contributed by atoms with E-state index in [0.29, 0.717) is 43.5 Å². The largest absolute Gasteiger partial charge is 0.377 e. The first-order valence-corrected chi connectivity index (χ1v) is 12.9. The Morgan fingerprint density at radius 3 is 2.52 bits per heavy atom. The van der Waals surface area contributed by atoms with Gasteiger partial charge in [0.05, 0.1) is 10.3 Å². The molecule has 164 valence electrons. The molecule has 5 rings (SSSR count). The second-order valence-corrected chi connectivity index (χ2v) is 11.0. The summed E-state index contributed by atoms with van der Waals surface area (Å²) in [5.74, 6) is 1.62. The molecule has 0 saturated carbocycles. The summed E-state index contributed by atoms with van der Waals surface area (Å²) in [5.41, 5.74) is 1.39. The molecule has 0 radical (unpaired) electrons. The number of ether oxygens (including phenoxy) is 1. The predicted molar refractivity (Wildman–Crippen MR) is 122 cm³/mol. The first-order valence-electron chi connectivity index (χ1n) is 10.7. The van der Waals surface area contributed by atoms with E-state index in [0.717, 1.165) is 23.5 Å². The van der Waals surface area contributed by atoms with Gasteiger partial charge in [0.1, 0.15) is 17.3 Å². The van der Waals surface area contributed by atoms with Crippen molar-refractivity contribution in [2.24, 2.45) is 0 Å². The molecule has 1 aliphatic heterocycles. The molecule has 1 fully saturated rings. The number of thiophene rings is 1. The number of aromatic nitrogens is 2. The zero-order valence-electron chi connectivity index (χ0n) is 17.6. The molecule has 0 bridgehead atoms. The monoisotopic (exact) mass is 458 g/mol. The van der Waals surface area contributed by atoms with Crippen molar-refractivity contribution in [3.63, 3.8) is 0 Å². The highest BCUT2D eigenvalue weighted by Gasteiger charge is 2.31. The van der Waals surface area contributed by atoms with Crippen molar-refractivity contribution in [2.45, 2.75) is 37.2 Å². The molecule has 1 saturated heterocycles. The molecule has 1 aromatic carbocycles. The van der Waals surface area contributed by atoms with Crippen LogP contribution in [0.1, 0.15) is 29.1 Å². The number of piperazine rings is 1. The number of rotatable bonds is 5. The third kappa shape index (κ3) is 3.84. The number of fused-ring (bicyclic) bond motifs is 3. The maximum atomic E-state index is 13.0. The normalized spacial score (nSPS) is 17.8. The molecular weight excluding hydrogens is 432 g/mol. The van der Waals surface area contributed by atoms with E-state index in [1.807, 2.05) is 6.07 Å². The van der Waals surface area contributed by atoms with Gasteiger partial charge in [-0.2, -0.15) is 4.31 Å².